The van der Waals surface area contributed by atoms with Crippen molar-refractivity contribution in [3.8, 4) is 5.88 Å². The van der Waals surface area contributed by atoms with Crippen LogP contribution < -0.4 is 15.4 Å². The van der Waals surface area contributed by atoms with Crippen LogP contribution in [0.15, 0.2) is 67.1 Å². The Kier molecular flexibility index (Phi) is 9.82. The lowest BCUT2D eigenvalue weighted by molar-refractivity contribution is -0.133. The molecule has 4 rings (SSSR count). The summed E-state index contributed by atoms with van der Waals surface area (Å²) in [5, 5.41) is 6.16. The van der Waals surface area contributed by atoms with Crippen LogP contribution in [0.2, 0.25) is 10.2 Å². The second-order valence-electron chi connectivity index (χ2n) is 8.74. The van der Waals surface area contributed by atoms with Gasteiger partial charge in [0.2, 0.25) is 23.6 Å². The SMILES string of the molecule is O=C(C=Cc1ccc(Cl)cc1)N[C@@H](Cc1ccccn1)C(=O)NCC(=O)N1CC[C@@H](Oc2cncc(Cl)n2)C1. The third-order valence-electron chi connectivity index (χ3n) is 5.85. The first-order chi connectivity index (χ1) is 18.9. The number of benzene rings is 1. The number of hydrogen-bond acceptors (Lipinski definition) is 7. The molecule has 1 aromatic carbocycles. The van der Waals surface area contributed by atoms with Crippen molar-refractivity contribution in [1.29, 1.82) is 0 Å². The van der Waals surface area contributed by atoms with Crippen molar-refractivity contribution in [2.24, 2.45) is 0 Å². The topological polar surface area (TPSA) is 126 Å². The summed E-state index contributed by atoms with van der Waals surface area (Å²) in [6, 6.07) is 11.3. The minimum absolute atomic E-state index is 0.154. The molecule has 0 spiro atoms. The fourth-order valence-electron chi connectivity index (χ4n) is 3.90. The van der Waals surface area contributed by atoms with E-state index in [9.17, 15) is 14.4 Å². The molecule has 1 fully saturated rings. The molecule has 1 aliphatic heterocycles. The summed E-state index contributed by atoms with van der Waals surface area (Å²) < 4.78 is 5.76. The number of carbonyl (C=O) groups excluding carboxylic acids is 3. The molecule has 0 aliphatic carbocycles. The summed E-state index contributed by atoms with van der Waals surface area (Å²) in [6.45, 7) is 0.584. The van der Waals surface area contributed by atoms with Crippen LogP contribution in [-0.4, -0.2) is 69.4 Å². The Morgan fingerprint density at radius 1 is 1.13 bits per heavy atom. The third-order valence-corrected chi connectivity index (χ3v) is 6.29. The summed E-state index contributed by atoms with van der Waals surface area (Å²) in [5.74, 6) is -0.940. The first kappa shape index (κ1) is 28.0. The second-order valence-corrected chi connectivity index (χ2v) is 9.56. The molecule has 2 atom stereocenters. The third kappa shape index (κ3) is 8.76. The molecular formula is C27H26Cl2N6O4. The van der Waals surface area contributed by atoms with Gasteiger partial charge in [0.25, 0.3) is 0 Å². The van der Waals surface area contributed by atoms with E-state index in [0.717, 1.165) is 5.56 Å². The van der Waals surface area contributed by atoms with Crippen LogP contribution in [0.5, 0.6) is 5.88 Å². The van der Waals surface area contributed by atoms with Gasteiger partial charge in [-0.05, 0) is 35.9 Å². The van der Waals surface area contributed by atoms with Crippen molar-refractivity contribution in [2.75, 3.05) is 19.6 Å². The Bertz CT molecular complexity index is 1320. The number of aromatic nitrogens is 3. The zero-order valence-electron chi connectivity index (χ0n) is 20.8. The van der Waals surface area contributed by atoms with Crippen LogP contribution >= 0.6 is 23.2 Å². The highest BCUT2D eigenvalue weighted by Crippen LogP contribution is 2.17. The number of pyridine rings is 1. The van der Waals surface area contributed by atoms with Gasteiger partial charge in [0.1, 0.15) is 12.1 Å². The van der Waals surface area contributed by atoms with Crippen molar-refractivity contribution in [2.45, 2.75) is 25.0 Å². The van der Waals surface area contributed by atoms with Gasteiger partial charge in [-0.25, -0.2) is 0 Å². The minimum Gasteiger partial charge on any atom is -0.471 e. The van der Waals surface area contributed by atoms with Gasteiger partial charge in [0, 0.05) is 42.4 Å². The van der Waals surface area contributed by atoms with Gasteiger partial charge in [-0.15, -0.1) is 0 Å². The van der Waals surface area contributed by atoms with Crippen LogP contribution in [0.1, 0.15) is 17.7 Å². The Morgan fingerprint density at radius 2 is 1.95 bits per heavy atom. The van der Waals surface area contributed by atoms with E-state index in [1.165, 1.54) is 18.5 Å². The highest BCUT2D eigenvalue weighted by molar-refractivity contribution is 6.30. The molecule has 0 saturated carbocycles. The van der Waals surface area contributed by atoms with Gasteiger partial charge >= 0.3 is 0 Å². The molecule has 3 heterocycles. The highest BCUT2D eigenvalue weighted by atomic mass is 35.5. The van der Waals surface area contributed by atoms with Crippen molar-refractivity contribution in [3.63, 3.8) is 0 Å². The molecule has 1 aliphatic rings. The van der Waals surface area contributed by atoms with Gasteiger partial charge in [-0.1, -0.05) is 41.4 Å². The van der Waals surface area contributed by atoms with Gasteiger partial charge in [0.05, 0.1) is 25.5 Å². The van der Waals surface area contributed by atoms with Gasteiger partial charge < -0.3 is 20.3 Å². The predicted molar refractivity (Wildman–Crippen MR) is 146 cm³/mol. The molecular weight excluding hydrogens is 543 g/mol. The number of carbonyl (C=O) groups is 3. The summed E-state index contributed by atoms with van der Waals surface area (Å²) in [5.41, 5.74) is 1.40. The van der Waals surface area contributed by atoms with Crippen LogP contribution in [0.4, 0.5) is 0 Å². The van der Waals surface area contributed by atoms with Gasteiger partial charge in [-0.2, -0.15) is 4.98 Å². The Balaban J connectivity index is 1.32. The minimum atomic E-state index is -0.939. The summed E-state index contributed by atoms with van der Waals surface area (Å²) >= 11 is 11.7. The standard InChI is InChI=1S/C27H26Cl2N6O4/c28-19-7-4-18(5-8-19)6-9-24(36)33-22(13-20-3-1-2-11-31-20)27(38)32-16-26(37)35-12-10-21(17-35)39-25-15-30-14-23(29)34-25/h1-9,11,14-15,21-22H,10,12-13,16-17H2,(H,32,38)(H,33,36)/t21-,22+/m1/s1. The molecule has 0 bridgehead atoms. The number of ether oxygens (including phenoxy) is 1. The van der Waals surface area contributed by atoms with Gasteiger partial charge in [-0.3, -0.25) is 24.4 Å². The lowest BCUT2D eigenvalue weighted by atomic mass is 10.1. The maximum absolute atomic E-state index is 13.0. The van der Waals surface area contributed by atoms with E-state index < -0.39 is 17.9 Å². The highest BCUT2D eigenvalue weighted by Gasteiger charge is 2.29. The Labute approximate surface area is 235 Å². The number of halogens is 2. The Hall–Kier alpha value is -4.02. The zero-order chi connectivity index (χ0) is 27.6. The summed E-state index contributed by atoms with van der Waals surface area (Å²) in [7, 11) is 0. The largest absolute Gasteiger partial charge is 0.471 e. The zero-order valence-corrected chi connectivity index (χ0v) is 22.3. The second kappa shape index (κ2) is 13.7. The number of likely N-dealkylation sites (tertiary alicyclic amines) is 1. The van der Waals surface area contributed by atoms with E-state index in [-0.39, 0.29) is 36.0 Å². The molecule has 202 valence electrons. The summed E-state index contributed by atoms with van der Waals surface area (Å²) in [6.07, 6.45) is 7.91. The average molecular weight is 569 g/mol. The van der Waals surface area contributed by atoms with Crippen molar-refractivity contribution in [1.82, 2.24) is 30.5 Å². The lowest BCUT2D eigenvalue weighted by Crippen LogP contribution is -2.50. The van der Waals surface area contributed by atoms with Crippen LogP contribution in [0.25, 0.3) is 6.08 Å². The number of nitrogens with one attached hydrogen (secondary N) is 2. The van der Waals surface area contributed by atoms with Crippen LogP contribution in [0, 0.1) is 0 Å². The molecule has 3 aromatic rings. The average Bonchev–Trinajstić information content (AvgIpc) is 3.40. The van der Waals surface area contributed by atoms with Crippen molar-refractivity contribution < 1.29 is 19.1 Å². The molecule has 0 unspecified atom stereocenters. The Morgan fingerprint density at radius 3 is 2.69 bits per heavy atom. The molecule has 10 nitrogen and oxygen atoms in total. The molecule has 3 amide bonds. The fourth-order valence-corrected chi connectivity index (χ4v) is 4.17. The van der Waals surface area contributed by atoms with E-state index in [4.69, 9.17) is 27.9 Å². The molecule has 39 heavy (non-hydrogen) atoms. The quantitative estimate of drug-likeness (QED) is 0.360. The first-order valence-corrected chi connectivity index (χ1v) is 12.9. The van der Waals surface area contributed by atoms with E-state index in [1.807, 2.05) is 0 Å². The maximum atomic E-state index is 13.0. The monoisotopic (exact) mass is 568 g/mol. The van der Waals surface area contributed by atoms with Crippen LogP contribution in [0.3, 0.4) is 0 Å². The van der Waals surface area contributed by atoms with E-state index in [0.29, 0.717) is 30.2 Å². The van der Waals surface area contributed by atoms with Crippen molar-refractivity contribution in [3.05, 3.63) is 88.6 Å². The molecule has 12 heteroatoms. The van der Waals surface area contributed by atoms with E-state index in [2.05, 4.69) is 25.6 Å². The first-order valence-electron chi connectivity index (χ1n) is 12.2. The normalized spacial score (nSPS) is 15.6. The molecule has 1 saturated heterocycles. The fraction of sp³-hybridized carbons (Fsp3) is 0.259. The molecule has 2 aromatic heterocycles. The summed E-state index contributed by atoms with van der Waals surface area (Å²) in [4.78, 5) is 52.3. The van der Waals surface area contributed by atoms with E-state index in [1.54, 1.807) is 59.6 Å². The maximum Gasteiger partial charge on any atom is 0.244 e. The number of hydrogen-bond donors (Lipinski definition) is 2. The smallest absolute Gasteiger partial charge is 0.244 e. The predicted octanol–water partition coefficient (Wildman–Crippen LogP) is 2.72. The van der Waals surface area contributed by atoms with Crippen molar-refractivity contribution >= 4 is 47.0 Å². The van der Waals surface area contributed by atoms with Crippen LogP contribution in [-0.2, 0) is 20.8 Å². The molecule has 2 N–H and O–H groups in total. The molecule has 0 radical (unpaired) electrons. The number of rotatable bonds is 10. The van der Waals surface area contributed by atoms with Gasteiger partial charge in [0.15, 0.2) is 5.15 Å². The number of amides is 3. The number of nitrogens with zero attached hydrogens (tertiary/aromatic N) is 4. The lowest BCUT2D eigenvalue weighted by Gasteiger charge is -2.20. The van der Waals surface area contributed by atoms with E-state index >= 15 is 0 Å².